The molecule has 1 aromatic carbocycles. The van der Waals surface area contributed by atoms with Gasteiger partial charge in [0.2, 0.25) is 10.0 Å². The van der Waals surface area contributed by atoms with Crippen molar-refractivity contribution in [3.05, 3.63) is 28.2 Å². The first-order chi connectivity index (χ1) is 8.92. The second kappa shape index (κ2) is 5.91. The molecule has 4 nitrogen and oxygen atoms in total. The molecule has 1 fully saturated rings. The Labute approximate surface area is 122 Å². The molecule has 6 heteroatoms. The van der Waals surface area contributed by atoms with Crippen LogP contribution in [-0.4, -0.2) is 27.2 Å². The lowest BCUT2D eigenvalue weighted by Gasteiger charge is -2.35. The summed E-state index contributed by atoms with van der Waals surface area (Å²) in [6.07, 6.45) is 1.70. The minimum Gasteiger partial charge on any atom is -0.378 e. The first-order valence-electron chi connectivity index (χ1n) is 6.32. The van der Waals surface area contributed by atoms with Gasteiger partial charge in [0.15, 0.2) is 0 Å². The normalized spacial score (nSPS) is 23.1. The van der Waals surface area contributed by atoms with Crippen LogP contribution < -0.4 is 4.72 Å². The number of sulfonamides is 1. The van der Waals surface area contributed by atoms with E-state index in [0.717, 1.165) is 22.9 Å². The Kier molecular flexibility index (Phi) is 4.66. The Morgan fingerprint density at radius 2 is 2.11 bits per heavy atom. The van der Waals surface area contributed by atoms with Crippen LogP contribution in [-0.2, 0) is 14.8 Å². The van der Waals surface area contributed by atoms with Crippen molar-refractivity contribution >= 4 is 26.0 Å². The molecule has 0 saturated heterocycles. The van der Waals surface area contributed by atoms with Gasteiger partial charge in [-0.05, 0) is 50.5 Å². The summed E-state index contributed by atoms with van der Waals surface area (Å²) >= 11 is 3.37. The van der Waals surface area contributed by atoms with Crippen LogP contribution in [0.2, 0.25) is 0 Å². The smallest absolute Gasteiger partial charge is 0.240 e. The van der Waals surface area contributed by atoms with Crippen LogP contribution in [0.5, 0.6) is 0 Å². The maximum atomic E-state index is 12.2. The topological polar surface area (TPSA) is 55.4 Å². The summed E-state index contributed by atoms with van der Waals surface area (Å²) in [6.45, 7) is 4.50. The molecular weight excluding hydrogens is 330 g/mol. The molecule has 1 aromatic rings. The molecular formula is C13H18BrNO3S. The van der Waals surface area contributed by atoms with Crippen molar-refractivity contribution in [1.82, 2.24) is 4.72 Å². The first-order valence-corrected chi connectivity index (χ1v) is 8.60. The zero-order chi connectivity index (χ0) is 14.0. The number of benzene rings is 1. The molecule has 19 heavy (non-hydrogen) atoms. The van der Waals surface area contributed by atoms with Crippen LogP contribution in [0, 0.1) is 6.92 Å². The van der Waals surface area contributed by atoms with Gasteiger partial charge in [-0.25, -0.2) is 13.1 Å². The fourth-order valence-corrected chi connectivity index (χ4v) is 3.70. The van der Waals surface area contributed by atoms with Crippen molar-refractivity contribution in [3.8, 4) is 0 Å². The molecule has 0 amide bonds. The predicted molar refractivity (Wildman–Crippen MR) is 77.6 cm³/mol. The Balaban J connectivity index is 2.01. The third kappa shape index (κ3) is 3.56. The molecule has 0 aliphatic heterocycles. The number of rotatable bonds is 5. The van der Waals surface area contributed by atoms with Gasteiger partial charge >= 0.3 is 0 Å². The van der Waals surface area contributed by atoms with E-state index in [0.29, 0.717) is 11.5 Å². The Bertz CT molecular complexity index is 553. The highest BCUT2D eigenvalue weighted by atomic mass is 79.9. The van der Waals surface area contributed by atoms with Crippen LogP contribution in [0.3, 0.4) is 0 Å². The summed E-state index contributed by atoms with van der Waals surface area (Å²) in [5, 5.41) is 0. The van der Waals surface area contributed by atoms with E-state index in [2.05, 4.69) is 20.7 Å². The van der Waals surface area contributed by atoms with Crippen molar-refractivity contribution in [3.63, 3.8) is 0 Å². The monoisotopic (exact) mass is 347 g/mol. The molecule has 0 bridgehead atoms. The van der Waals surface area contributed by atoms with Gasteiger partial charge in [0.05, 0.1) is 11.0 Å². The SMILES string of the molecule is CCOC1CC(NS(=O)(=O)c2ccc(Br)c(C)c2)C1. The molecule has 0 unspecified atom stereocenters. The molecule has 1 N–H and O–H groups in total. The second-order valence-electron chi connectivity index (χ2n) is 4.78. The summed E-state index contributed by atoms with van der Waals surface area (Å²) in [5.41, 5.74) is 0.906. The van der Waals surface area contributed by atoms with E-state index in [9.17, 15) is 8.42 Å². The molecule has 2 rings (SSSR count). The van der Waals surface area contributed by atoms with Gasteiger partial charge in [-0.1, -0.05) is 15.9 Å². The van der Waals surface area contributed by atoms with Gasteiger partial charge in [0.25, 0.3) is 0 Å². The number of ether oxygens (including phenoxy) is 1. The summed E-state index contributed by atoms with van der Waals surface area (Å²) in [4.78, 5) is 0.313. The van der Waals surface area contributed by atoms with Crippen LogP contribution in [0.15, 0.2) is 27.6 Å². The molecule has 0 heterocycles. The number of halogens is 1. The van der Waals surface area contributed by atoms with E-state index in [4.69, 9.17) is 4.74 Å². The largest absolute Gasteiger partial charge is 0.378 e. The van der Waals surface area contributed by atoms with Gasteiger partial charge in [0, 0.05) is 17.1 Å². The van der Waals surface area contributed by atoms with Gasteiger partial charge in [0.1, 0.15) is 0 Å². The number of hydrogen-bond donors (Lipinski definition) is 1. The van der Waals surface area contributed by atoms with E-state index in [1.54, 1.807) is 18.2 Å². The van der Waals surface area contributed by atoms with Crippen LogP contribution in [0.1, 0.15) is 25.3 Å². The highest BCUT2D eigenvalue weighted by Gasteiger charge is 2.33. The number of aryl methyl sites for hydroxylation is 1. The first kappa shape index (κ1) is 15.0. The van der Waals surface area contributed by atoms with Crippen molar-refractivity contribution in [2.24, 2.45) is 0 Å². The van der Waals surface area contributed by atoms with Gasteiger partial charge < -0.3 is 4.74 Å². The van der Waals surface area contributed by atoms with Crippen molar-refractivity contribution in [2.45, 2.75) is 43.7 Å². The number of nitrogens with one attached hydrogen (secondary N) is 1. The maximum absolute atomic E-state index is 12.2. The highest BCUT2D eigenvalue weighted by molar-refractivity contribution is 9.10. The lowest BCUT2D eigenvalue weighted by Crippen LogP contribution is -2.47. The fourth-order valence-electron chi connectivity index (χ4n) is 2.11. The summed E-state index contributed by atoms with van der Waals surface area (Å²) in [5.74, 6) is 0. The van der Waals surface area contributed by atoms with Gasteiger partial charge in [-0.15, -0.1) is 0 Å². The van der Waals surface area contributed by atoms with Gasteiger partial charge in [-0.2, -0.15) is 0 Å². The minimum atomic E-state index is -3.42. The molecule has 0 radical (unpaired) electrons. The average Bonchev–Trinajstić information content (AvgIpc) is 2.30. The predicted octanol–water partition coefficient (Wildman–Crippen LogP) is 2.60. The maximum Gasteiger partial charge on any atom is 0.240 e. The lowest BCUT2D eigenvalue weighted by molar-refractivity contribution is -0.00475. The molecule has 0 aromatic heterocycles. The Hall–Kier alpha value is -0.430. The van der Waals surface area contributed by atoms with Crippen molar-refractivity contribution < 1.29 is 13.2 Å². The lowest BCUT2D eigenvalue weighted by atomic mass is 9.90. The van der Waals surface area contributed by atoms with Crippen LogP contribution in [0.4, 0.5) is 0 Å². The molecule has 1 saturated carbocycles. The quantitative estimate of drug-likeness (QED) is 0.890. The molecule has 106 valence electrons. The van der Waals surface area contributed by atoms with Crippen LogP contribution >= 0.6 is 15.9 Å². The summed E-state index contributed by atoms with van der Waals surface area (Å²) in [6, 6.07) is 5.03. The third-order valence-electron chi connectivity index (χ3n) is 3.26. The Morgan fingerprint density at radius 3 is 2.68 bits per heavy atom. The van der Waals surface area contributed by atoms with E-state index in [1.807, 2.05) is 13.8 Å². The highest BCUT2D eigenvalue weighted by Crippen LogP contribution is 2.26. The molecule has 0 spiro atoms. The van der Waals surface area contributed by atoms with Crippen LogP contribution in [0.25, 0.3) is 0 Å². The minimum absolute atomic E-state index is 0.00879. The molecule has 0 atom stereocenters. The number of hydrogen-bond acceptors (Lipinski definition) is 3. The zero-order valence-electron chi connectivity index (χ0n) is 11.0. The average molecular weight is 348 g/mol. The summed E-state index contributed by atoms with van der Waals surface area (Å²) < 4.78 is 33.4. The van der Waals surface area contributed by atoms with Crippen molar-refractivity contribution in [2.75, 3.05) is 6.61 Å². The van der Waals surface area contributed by atoms with E-state index >= 15 is 0 Å². The van der Waals surface area contributed by atoms with Gasteiger partial charge in [-0.3, -0.25) is 0 Å². The second-order valence-corrected chi connectivity index (χ2v) is 7.35. The summed E-state index contributed by atoms with van der Waals surface area (Å²) in [7, 11) is -3.42. The standard InChI is InChI=1S/C13H18BrNO3S/c1-3-18-11-7-10(8-11)15-19(16,17)12-4-5-13(14)9(2)6-12/h4-6,10-11,15H,3,7-8H2,1-2H3. The Morgan fingerprint density at radius 1 is 1.42 bits per heavy atom. The molecule has 1 aliphatic rings. The van der Waals surface area contributed by atoms with E-state index in [1.165, 1.54) is 0 Å². The molecule has 1 aliphatic carbocycles. The van der Waals surface area contributed by atoms with Crippen molar-refractivity contribution in [1.29, 1.82) is 0 Å². The van der Waals surface area contributed by atoms with E-state index < -0.39 is 10.0 Å². The van der Waals surface area contributed by atoms with E-state index in [-0.39, 0.29) is 12.1 Å². The zero-order valence-corrected chi connectivity index (χ0v) is 13.4. The fraction of sp³-hybridized carbons (Fsp3) is 0.538. The third-order valence-corrected chi connectivity index (χ3v) is 5.67.